The molecule has 76 valence electrons. The second-order valence-corrected chi connectivity index (χ2v) is 3.18. The quantitative estimate of drug-likeness (QED) is 0.553. The van der Waals surface area contributed by atoms with E-state index in [0.29, 0.717) is 11.4 Å². The third-order valence-electron chi connectivity index (χ3n) is 2.37. The second-order valence-electron chi connectivity index (χ2n) is 3.18. The number of methoxy groups -OCH3 is 1. The van der Waals surface area contributed by atoms with Crippen LogP contribution in [0.15, 0.2) is 29.4 Å². The van der Waals surface area contributed by atoms with Crippen molar-refractivity contribution < 1.29 is 9.53 Å². The Balaban J connectivity index is 2.81. The number of aryl methyl sites for hydroxylation is 1. The fourth-order valence-electron chi connectivity index (χ4n) is 1.66. The van der Waals surface area contributed by atoms with Crippen molar-refractivity contribution in [2.75, 3.05) is 7.11 Å². The molecule has 0 radical (unpaired) electrons. The maximum absolute atomic E-state index is 10.2. The van der Waals surface area contributed by atoms with Crippen LogP contribution >= 0.6 is 0 Å². The summed E-state index contributed by atoms with van der Waals surface area (Å²) in [5.41, 5.74) is 1.54. The topological polar surface area (TPSA) is 43.6 Å². The molecule has 0 aliphatic rings. The first-order valence-electron chi connectivity index (χ1n) is 4.48. The van der Waals surface area contributed by atoms with Crippen LogP contribution in [0.4, 0.5) is 5.69 Å². The second kappa shape index (κ2) is 3.59. The number of rotatable bonds is 2. The third-order valence-corrected chi connectivity index (χ3v) is 2.37. The van der Waals surface area contributed by atoms with Gasteiger partial charge in [0.1, 0.15) is 5.69 Å². The van der Waals surface area contributed by atoms with Crippen molar-refractivity contribution in [2.24, 2.45) is 12.0 Å². The van der Waals surface area contributed by atoms with Crippen LogP contribution in [0.5, 0.6) is 5.75 Å². The lowest BCUT2D eigenvalue weighted by molar-refractivity contribution is 0.421. The first-order chi connectivity index (χ1) is 7.27. The van der Waals surface area contributed by atoms with Crippen molar-refractivity contribution in [3.05, 3.63) is 24.4 Å². The van der Waals surface area contributed by atoms with E-state index in [1.165, 1.54) is 6.08 Å². The van der Waals surface area contributed by atoms with Crippen LogP contribution < -0.4 is 4.74 Å². The van der Waals surface area contributed by atoms with Crippen LogP contribution in [-0.4, -0.2) is 17.8 Å². The minimum Gasteiger partial charge on any atom is -0.494 e. The predicted octanol–water partition coefficient (Wildman–Crippen LogP) is 2.15. The number of fused-ring (bicyclic) bond motifs is 1. The molecule has 0 atom stereocenters. The van der Waals surface area contributed by atoms with E-state index in [9.17, 15) is 4.79 Å². The number of benzene rings is 1. The molecule has 1 aromatic carbocycles. The van der Waals surface area contributed by atoms with Gasteiger partial charge in [0, 0.05) is 18.6 Å². The van der Waals surface area contributed by atoms with E-state index in [2.05, 4.69) is 4.99 Å². The van der Waals surface area contributed by atoms with Crippen molar-refractivity contribution in [3.8, 4) is 5.75 Å². The highest BCUT2D eigenvalue weighted by atomic mass is 16.5. The van der Waals surface area contributed by atoms with E-state index in [0.717, 1.165) is 10.9 Å². The van der Waals surface area contributed by atoms with Crippen molar-refractivity contribution in [3.63, 3.8) is 0 Å². The Hall–Kier alpha value is -2.06. The van der Waals surface area contributed by atoms with Gasteiger partial charge in [-0.15, -0.1) is 0 Å². The van der Waals surface area contributed by atoms with E-state index in [-0.39, 0.29) is 0 Å². The van der Waals surface area contributed by atoms with Gasteiger partial charge in [0.05, 0.1) is 12.6 Å². The molecular weight excluding hydrogens is 192 g/mol. The summed E-state index contributed by atoms with van der Waals surface area (Å²) in [4.78, 5) is 13.8. The van der Waals surface area contributed by atoms with Gasteiger partial charge in [-0.05, 0) is 18.2 Å². The molecule has 0 unspecified atom stereocenters. The molecule has 0 aliphatic heterocycles. The molecular formula is C11H10N2O2. The molecule has 0 saturated heterocycles. The maximum atomic E-state index is 10.2. The van der Waals surface area contributed by atoms with Crippen molar-refractivity contribution in [1.29, 1.82) is 0 Å². The van der Waals surface area contributed by atoms with E-state index in [4.69, 9.17) is 4.74 Å². The summed E-state index contributed by atoms with van der Waals surface area (Å²) in [6.45, 7) is 0. The van der Waals surface area contributed by atoms with Gasteiger partial charge in [0.25, 0.3) is 0 Å². The molecule has 0 N–H and O–H groups in total. The molecule has 2 rings (SSSR count). The number of ether oxygens (including phenoxy) is 1. The fraction of sp³-hybridized carbons (Fsp3) is 0.182. The Morgan fingerprint density at radius 2 is 2.20 bits per heavy atom. The maximum Gasteiger partial charge on any atom is 0.240 e. The van der Waals surface area contributed by atoms with Gasteiger partial charge in [0.15, 0.2) is 5.75 Å². The standard InChI is InChI=1S/C11H10N2O2/c1-13-6-5-8-10(13)4-3-9(12-7-14)11(8)15-2/h3-6H,1-2H3. The highest BCUT2D eigenvalue weighted by Gasteiger charge is 2.09. The van der Waals surface area contributed by atoms with Gasteiger partial charge < -0.3 is 9.30 Å². The molecule has 1 aromatic heterocycles. The Morgan fingerprint density at radius 3 is 2.87 bits per heavy atom. The number of isocyanates is 1. The Kier molecular flexibility index (Phi) is 2.27. The lowest BCUT2D eigenvalue weighted by Gasteiger charge is -2.05. The number of aromatic nitrogens is 1. The molecule has 0 bridgehead atoms. The largest absolute Gasteiger partial charge is 0.494 e. The zero-order valence-electron chi connectivity index (χ0n) is 8.52. The van der Waals surface area contributed by atoms with E-state index in [1.54, 1.807) is 13.2 Å². The van der Waals surface area contributed by atoms with Crippen LogP contribution in [-0.2, 0) is 11.8 Å². The van der Waals surface area contributed by atoms with Gasteiger partial charge in [-0.1, -0.05) is 0 Å². The van der Waals surface area contributed by atoms with Crippen LogP contribution in [0.25, 0.3) is 10.9 Å². The molecule has 4 heteroatoms. The SMILES string of the molecule is COc1c(N=C=O)ccc2c1ccn2C. The van der Waals surface area contributed by atoms with Crippen LogP contribution in [0.3, 0.4) is 0 Å². The lowest BCUT2D eigenvalue weighted by Crippen LogP contribution is -1.87. The van der Waals surface area contributed by atoms with Crippen LogP contribution in [0.1, 0.15) is 0 Å². The molecule has 0 aliphatic carbocycles. The molecule has 15 heavy (non-hydrogen) atoms. The smallest absolute Gasteiger partial charge is 0.240 e. The first kappa shape index (κ1) is 9.49. The number of hydrogen-bond donors (Lipinski definition) is 0. The highest BCUT2D eigenvalue weighted by Crippen LogP contribution is 2.35. The first-order valence-corrected chi connectivity index (χ1v) is 4.48. The van der Waals surface area contributed by atoms with Crippen LogP contribution in [0.2, 0.25) is 0 Å². The summed E-state index contributed by atoms with van der Waals surface area (Å²) in [7, 11) is 3.51. The van der Waals surface area contributed by atoms with Crippen LogP contribution in [0, 0.1) is 0 Å². The number of nitrogens with zero attached hydrogens (tertiary/aromatic N) is 2. The molecule has 0 amide bonds. The number of hydrogen-bond acceptors (Lipinski definition) is 3. The van der Waals surface area contributed by atoms with Gasteiger partial charge in [0.2, 0.25) is 6.08 Å². The van der Waals surface area contributed by atoms with E-state index < -0.39 is 0 Å². The average Bonchev–Trinajstić information content (AvgIpc) is 2.61. The summed E-state index contributed by atoms with van der Waals surface area (Å²) in [6.07, 6.45) is 3.45. The lowest BCUT2D eigenvalue weighted by atomic mass is 10.2. The highest BCUT2D eigenvalue weighted by molar-refractivity contribution is 5.91. The zero-order valence-corrected chi connectivity index (χ0v) is 8.52. The fourth-order valence-corrected chi connectivity index (χ4v) is 1.66. The summed E-state index contributed by atoms with van der Waals surface area (Å²) in [5, 5.41) is 0.941. The summed E-state index contributed by atoms with van der Waals surface area (Å²) in [6, 6.07) is 5.57. The summed E-state index contributed by atoms with van der Waals surface area (Å²) >= 11 is 0. The third kappa shape index (κ3) is 1.41. The monoisotopic (exact) mass is 202 g/mol. The molecule has 0 spiro atoms. The minimum atomic E-state index is 0.506. The van der Waals surface area contributed by atoms with Gasteiger partial charge in [-0.25, -0.2) is 4.79 Å². The van der Waals surface area contributed by atoms with Crippen molar-refractivity contribution >= 4 is 22.7 Å². The molecule has 2 aromatic rings. The Morgan fingerprint density at radius 1 is 1.40 bits per heavy atom. The Labute approximate surface area is 86.8 Å². The summed E-state index contributed by atoms with van der Waals surface area (Å²) in [5.74, 6) is 0.608. The normalized spacial score (nSPS) is 10.0. The summed E-state index contributed by atoms with van der Waals surface area (Å²) < 4.78 is 7.22. The Bertz CT molecular complexity index is 551. The van der Waals surface area contributed by atoms with Crippen molar-refractivity contribution in [1.82, 2.24) is 4.57 Å². The zero-order chi connectivity index (χ0) is 10.8. The number of aliphatic imine (C=N–C) groups is 1. The molecule has 0 saturated carbocycles. The number of carbonyl (C=O) groups excluding carboxylic acids is 1. The molecule has 1 heterocycles. The minimum absolute atomic E-state index is 0.506. The van der Waals surface area contributed by atoms with Crippen molar-refractivity contribution in [2.45, 2.75) is 0 Å². The van der Waals surface area contributed by atoms with Gasteiger partial charge >= 0.3 is 0 Å². The van der Waals surface area contributed by atoms with Gasteiger partial charge in [-0.3, -0.25) is 0 Å². The van der Waals surface area contributed by atoms with Gasteiger partial charge in [-0.2, -0.15) is 4.99 Å². The molecule has 4 nitrogen and oxygen atoms in total. The molecule has 0 fully saturated rings. The predicted molar refractivity (Wildman–Crippen MR) is 57.3 cm³/mol. The average molecular weight is 202 g/mol. The van der Waals surface area contributed by atoms with E-state index >= 15 is 0 Å². The van der Waals surface area contributed by atoms with E-state index in [1.807, 2.05) is 29.9 Å².